The molecular weight excluding hydrogens is 208 g/mol. The Morgan fingerprint density at radius 2 is 2.24 bits per heavy atom. The highest BCUT2D eigenvalue weighted by Gasteiger charge is 2.42. The number of rotatable bonds is 4. The lowest BCUT2D eigenvalue weighted by atomic mass is 9.73. The molecule has 0 aliphatic carbocycles. The van der Waals surface area contributed by atoms with Crippen molar-refractivity contribution in [3.63, 3.8) is 0 Å². The number of likely N-dealkylation sites (tertiary alicyclic amines) is 1. The van der Waals surface area contributed by atoms with Gasteiger partial charge in [0.05, 0.1) is 0 Å². The standard InChI is InChI=1S/C15H24N2/c1-4-8-15(9-5-2)11-17(12-15)14-7-6-13(3)10-16-14/h4,10H,1,5-9,11-12H2,2-3H3. The van der Waals surface area contributed by atoms with Crippen molar-refractivity contribution in [2.24, 2.45) is 10.4 Å². The Kier molecular flexibility index (Phi) is 3.70. The van der Waals surface area contributed by atoms with Gasteiger partial charge in [0.25, 0.3) is 0 Å². The molecular formula is C15H24N2. The van der Waals surface area contributed by atoms with Crippen molar-refractivity contribution in [2.45, 2.75) is 46.0 Å². The SMILES string of the molecule is C=CCC1(CCC)CN(C2=NC=C(C)CC2)C1. The maximum Gasteiger partial charge on any atom is 0.104 e. The summed E-state index contributed by atoms with van der Waals surface area (Å²) >= 11 is 0. The van der Waals surface area contributed by atoms with Crippen molar-refractivity contribution in [1.82, 2.24) is 4.90 Å². The zero-order chi connectivity index (χ0) is 12.3. The maximum absolute atomic E-state index is 4.57. The average molecular weight is 232 g/mol. The molecule has 0 aromatic carbocycles. The normalized spacial score (nSPS) is 22.6. The van der Waals surface area contributed by atoms with Gasteiger partial charge in [0.2, 0.25) is 0 Å². The first kappa shape index (κ1) is 12.4. The molecule has 2 heteroatoms. The Hall–Kier alpha value is -1.05. The number of hydrogen-bond acceptors (Lipinski definition) is 2. The van der Waals surface area contributed by atoms with E-state index in [0.29, 0.717) is 5.41 Å². The van der Waals surface area contributed by atoms with Gasteiger partial charge in [-0.25, -0.2) is 4.99 Å². The second-order valence-electron chi connectivity index (χ2n) is 5.62. The highest BCUT2D eigenvalue weighted by Crippen LogP contribution is 2.39. The van der Waals surface area contributed by atoms with E-state index in [1.807, 2.05) is 6.20 Å². The predicted molar refractivity (Wildman–Crippen MR) is 74.2 cm³/mol. The van der Waals surface area contributed by atoms with Crippen LogP contribution in [-0.2, 0) is 0 Å². The summed E-state index contributed by atoms with van der Waals surface area (Å²) in [6.45, 7) is 10.7. The molecule has 0 N–H and O–H groups in total. The summed E-state index contributed by atoms with van der Waals surface area (Å²) in [5.74, 6) is 1.30. The van der Waals surface area contributed by atoms with Crippen LogP contribution in [0.5, 0.6) is 0 Å². The molecule has 2 heterocycles. The van der Waals surface area contributed by atoms with E-state index < -0.39 is 0 Å². The Labute approximate surface area is 105 Å². The van der Waals surface area contributed by atoms with E-state index in [4.69, 9.17) is 0 Å². The predicted octanol–water partition coefficient (Wildman–Crippen LogP) is 3.76. The fourth-order valence-corrected chi connectivity index (χ4v) is 3.03. The van der Waals surface area contributed by atoms with E-state index in [2.05, 4.69) is 36.4 Å². The second kappa shape index (κ2) is 5.07. The molecule has 2 rings (SSSR count). The van der Waals surface area contributed by atoms with Crippen LogP contribution in [0.1, 0.15) is 46.0 Å². The number of allylic oxidation sites excluding steroid dienone is 2. The lowest BCUT2D eigenvalue weighted by Crippen LogP contribution is -2.58. The Morgan fingerprint density at radius 1 is 1.47 bits per heavy atom. The van der Waals surface area contributed by atoms with Gasteiger partial charge in [-0.2, -0.15) is 0 Å². The molecule has 0 unspecified atom stereocenters. The molecule has 2 aliphatic rings. The molecule has 0 amide bonds. The van der Waals surface area contributed by atoms with Crippen LogP contribution >= 0.6 is 0 Å². The third-order valence-electron chi connectivity index (χ3n) is 3.95. The minimum absolute atomic E-state index is 0.495. The first-order valence-corrected chi connectivity index (χ1v) is 6.77. The summed E-state index contributed by atoms with van der Waals surface area (Å²) in [6.07, 6.45) is 10.2. The summed E-state index contributed by atoms with van der Waals surface area (Å²) in [5, 5.41) is 0. The van der Waals surface area contributed by atoms with Gasteiger partial charge in [-0.3, -0.25) is 0 Å². The molecule has 0 saturated carbocycles. The second-order valence-corrected chi connectivity index (χ2v) is 5.62. The molecule has 2 nitrogen and oxygen atoms in total. The van der Waals surface area contributed by atoms with Gasteiger partial charge in [-0.05, 0) is 26.2 Å². The van der Waals surface area contributed by atoms with Gasteiger partial charge in [0.15, 0.2) is 0 Å². The van der Waals surface area contributed by atoms with Crippen LogP contribution in [0, 0.1) is 5.41 Å². The van der Waals surface area contributed by atoms with Gasteiger partial charge < -0.3 is 4.90 Å². The molecule has 0 radical (unpaired) electrons. The Balaban J connectivity index is 1.94. The number of hydrogen-bond donors (Lipinski definition) is 0. The van der Waals surface area contributed by atoms with Crippen molar-refractivity contribution in [3.8, 4) is 0 Å². The van der Waals surface area contributed by atoms with Gasteiger partial charge in [0.1, 0.15) is 5.84 Å². The van der Waals surface area contributed by atoms with E-state index in [0.717, 1.165) is 12.8 Å². The average Bonchev–Trinajstić information content (AvgIpc) is 2.27. The quantitative estimate of drug-likeness (QED) is 0.674. The molecule has 1 fully saturated rings. The smallest absolute Gasteiger partial charge is 0.104 e. The van der Waals surface area contributed by atoms with Crippen molar-refractivity contribution in [3.05, 3.63) is 24.4 Å². The van der Waals surface area contributed by atoms with Crippen molar-refractivity contribution in [2.75, 3.05) is 13.1 Å². The fourth-order valence-electron chi connectivity index (χ4n) is 3.03. The molecule has 94 valence electrons. The van der Waals surface area contributed by atoms with E-state index in [1.165, 1.54) is 43.8 Å². The summed E-state index contributed by atoms with van der Waals surface area (Å²) in [5.41, 5.74) is 1.90. The van der Waals surface area contributed by atoms with Crippen LogP contribution in [0.3, 0.4) is 0 Å². The first-order chi connectivity index (χ1) is 8.19. The fraction of sp³-hybridized carbons (Fsp3) is 0.667. The molecule has 0 atom stereocenters. The molecule has 17 heavy (non-hydrogen) atoms. The van der Waals surface area contributed by atoms with Gasteiger partial charge >= 0.3 is 0 Å². The highest BCUT2D eigenvalue weighted by atomic mass is 15.3. The summed E-state index contributed by atoms with van der Waals surface area (Å²) in [4.78, 5) is 7.03. The third-order valence-corrected chi connectivity index (χ3v) is 3.95. The number of amidine groups is 1. The Morgan fingerprint density at radius 3 is 2.76 bits per heavy atom. The van der Waals surface area contributed by atoms with Crippen LogP contribution in [0.4, 0.5) is 0 Å². The molecule has 2 aliphatic heterocycles. The lowest BCUT2D eigenvalue weighted by molar-refractivity contribution is 0.0497. The van der Waals surface area contributed by atoms with Crippen LogP contribution < -0.4 is 0 Å². The van der Waals surface area contributed by atoms with Crippen molar-refractivity contribution >= 4 is 5.84 Å². The topological polar surface area (TPSA) is 15.6 Å². The van der Waals surface area contributed by atoms with E-state index >= 15 is 0 Å². The first-order valence-electron chi connectivity index (χ1n) is 6.77. The molecule has 0 aromatic heterocycles. The van der Waals surface area contributed by atoms with Crippen LogP contribution in [0.25, 0.3) is 0 Å². The maximum atomic E-state index is 4.57. The van der Waals surface area contributed by atoms with Crippen molar-refractivity contribution < 1.29 is 0 Å². The molecule has 1 saturated heterocycles. The minimum Gasteiger partial charge on any atom is -0.359 e. The largest absolute Gasteiger partial charge is 0.359 e. The van der Waals surface area contributed by atoms with Crippen molar-refractivity contribution in [1.29, 1.82) is 0 Å². The van der Waals surface area contributed by atoms with Crippen LogP contribution in [0.2, 0.25) is 0 Å². The monoisotopic (exact) mass is 232 g/mol. The van der Waals surface area contributed by atoms with Crippen LogP contribution in [0.15, 0.2) is 29.4 Å². The molecule has 0 spiro atoms. The third kappa shape index (κ3) is 2.62. The Bertz CT molecular complexity index is 346. The van der Waals surface area contributed by atoms with E-state index in [-0.39, 0.29) is 0 Å². The summed E-state index contributed by atoms with van der Waals surface area (Å²) < 4.78 is 0. The summed E-state index contributed by atoms with van der Waals surface area (Å²) in [6, 6.07) is 0. The molecule has 0 bridgehead atoms. The van der Waals surface area contributed by atoms with Crippen LogP contribution in [-0.4, -0.2) is 23.8 Å². The minimum atomic E-state index is 0.495. The zero-order valence-electron chi connectivity index (χ0n) is 11.2. The number of aliphatic imine (C=N–C) groups is 1. The zero-order valence-corrected chi connectivity index (χ0v) is 11.2. The number of nitrogens with zero attached hydrogens (tertiary/aromatic N) is 2. The van der Waals surface area contributed by atoms with Gasteiger partial charge in [-0.1, -0.05) is 25.0 Å². The highest BCUT2D eigenvalue weighted by molar-refractivity contribution is 5.84. The van der Waals surface area contributed by atoms with E-state index in [9.17, 15) is 0 Å². The molecule has 0 aromatic rings. The summed E-state index contributed by atoms with van der Waals surface area (Å²) in [7, 11) is 0. The van der Waals surface area contributed by atoms with Gasteiger partial charge in [-0.15, -0.1) is 6.58 Å². The lowest BCUT2D eigenvalue weighted by Gasteiger charge is -2.52. The van der Waals surface area contributed by atoms with E-state index in [1.54, 1.807) is 0 Å². The van der Waals surface area contributed by atoms with Gasteiger partial charge in [0, 0.05) is 31.1 Å².